The van der Waals surface area contributed by atoms with Gasteiger partial charge in [0, 0.05) is 6.42 Å². The molecular weight excluding hydrogens is 224 g/mol. The molecule has 0 radical (unpaired) electrons. The van der Waals surface area contributed by atoms with Crippen molar-refractivity contribution in [2.45, 2.75) is 38.0 Å². The predicted molar refractivity (Wildman–Crippen MR) is 70.5 cm³/mol. The standard InChI is InChI=1S/C16H18O2/c17-15-6-3-11(4-7-15)12-1-2-14-10-16(18)8-5-13(14)9-12/h3-4,6-7,10,12-13,17H,1-2,5,8-9H2/t12-,13+/m1/s1. The van der Waals surface area contributed by atoms with E-state index in [0.29, 0.717) is 23.4 Å². The van der Waals surface area contributed by atoms with Crippen molar-refractivity contribution in [1.82, 2.24) is 0 Å². The van der Waals surface area contributed by atoms with Crippen molar-refractivity contribution in [2.75, 3.05) is 0 Å². The molecule has 0 aromatic heterocycles. The summed E-state index contributed by atoms with van der Waals surface area (Å²) in [5.41, 5.74) is 2.70. The number of ketones is 1. The summed E-state index contributed by atoms with van der Waals surface area (Å²) in [5, 5.41) is 9.33. The van der Waals surface area contributed by atoms with Crippen LogP contribution in [0.4, 0.5) is 0 Å². The van der Waals surface area contributed by atoms with Gasteiger partial charge in [-0.1, -0.05) is 17.7 Å². The Morgan fingerprint density at radius 2 is 1.72 bits per heavy atom. The third kappa shape index (κ3) is 2.20. The van der Waals surface area contributed by atoms with Gasteiger partial charge in [-0.25, -0.2) is 0 Å². The van der Waals surface area contributed by atoms with Crippen LogP contribution in [0.15, 0.2) is 35.9 Å². The normalized spacial score (nSPS) is 27.6. The molecule has 0 saturated heterocycles. The number of hydrogen-bond donors (Lipinski definition) is 1. The van der Waals surface area contributed by atoms with E-state index in [4.69, 9.17) is 0 Å². The molecule has 0 aliphatic heterocycles. The van der Waals surface area contributed by atoms with Crippen molar-refractivity contribution < 1.29 is 9.90 Å². The molecule has 0 unspecified atom stereocenters. The van der Waals surface area contributed by atoms with E-state index in [1.165, 1.54) is 11.1 Å². The van der Waals surface area contributed by atoms with Crippen LogP contribution in [0.25, 0.3) is 0 Å². The molecule has 1 saturated carbocycles. The number of benzene rings is 1. The highest BCUT2D eigenvalue weighted by molar-refractivity contribution is 5.91. The maximum absolute atomic E-state index is 11.4. The first kappa shape index (κ1) is 11.5. The molecule has 1 fully saturated rings. The monoisotopic (exact) mass is 242 g/mol. The topological polar surface area (TPSA) is 37.3 Å². The SMILES string of the molecule is O=C1C=C2CC[C@@H](c3ccc(O)cc3)C[C@@H]2CC1. The van der Waals surface area contributed by atoms with Gasteiger partial charge in [-0.3, -0.25) is 4.79 Å². The summed E-state index contributed by atoms with van der Waals surface area (Å²) in [7, 11) is 0. The van der Waals surface area contributed by atoms with E-state index < -0.39 is 0 Å². The van der Waals surface area contributed by atoms with Crippen LogP contribution in [0, 0.1) is 5.92 Å². The van der Waals surface area contributed by atoms with E-state index in [1.807, 2.05) is 18.2 Å². The molecule has 2 heteroatoms. The summed E-state index contributed by atoms with van der Waals surface area (Å²) in [6.07, 6.45) is 6.98. The second-order valence-electron chi connectivity index (χ2n) is 5.48. The van der Waals surface area contributed by atoms with Crippen molar-refractivity contribution in [2.24, 2.45) is 5.92 Å². The number of fused-ring (bicyclic) bond motifs is 1. The molecule has 1 aromatic rings. The minimum absolute atomic E-state index is 0.310. The zero-order valence-electron chi connectivity index (χ0n) is 10.4. The largest absolute Gasteiger partial charge is 0.508 e. The highest BCUT2D eigenvalue weighted by Crippen LogP contribution is 2.43. The Balaban J connectivity index is 1.77. The van der Waals surface area contributed by atoms with Crippen LogP contribution in [-0.2, 0) is 4.79 Å². The van der Waals surface area contributed by atoms with E-state index in [0.717, 1.165) is 32.1 Å². The lowest BCUT2D eigenvalue weighted by Gasteiger charge is -2.33. The molecular formula is C16H18O2. The third-order valence-electron chi connectivity index (χ3n) is 4.32. The van der Waals surface area contributed by atoms with Gasteiger partial charge in [-0.15, -0.1) is 0 Å². The molecule has 1 N–H and O–H groups in total. The van der Waals surface area contributed by atoms with Crippen LogP contribution in [-0.4, -0.2) is 10.9 Å². The van der Waals surface area contributed by atoms with Crippen LogP contribution in [0.1, 0.15) is 43.6 Å². The maximum atomic E-state index is 11.4. The number of carbonyl (C=O) groups is 1. The minimum atomic E-state index is 0.310. The number of carbonyl (C=O) groups excluding carboxylic acids is 1. The number of phenolic OH excluding ortho intramolecular Hbond substituents is 1. The molecule has 2 atom stereocenters. The summed E-state index contributed by atoms with van der Waals surface area (Å²) in [6.45, 7) is 0. The van der Waals surface area contributed by atoms with Crippen LogP contribution in [0.3, 0.4) is 0 Å². The van der Waals surface area contributed by atoms with Gasteiger partial charge in [0.05, 0.1) is 0 Å². The van der Waals surface area contributed by atoms with Gasteiger partial charge in [-0.2, -0.15) is 0 Å². The molecule has 3 rings (SSSR count). The number of phenols is 1. The van der Waals surface area contributed by atoms with Crippen LogP contribution >= 0.6 is 0 Å². The number of aromatic hydroxyl groups is 1. The Labute approximate surface area is 107 Å². The lowest BCUT2D eigenvalue weighted by atomic mass is 9.71. The highest BCUT2D eigenvalue weighted by atomic mass is 16.3. The average molecular weight is 242 g/mol. The average Bonchev–Trinajstić information content (AvgIpc) is 2.39. The van der Waals surface area contributed by atoms with Crippen molar-refractivity contribution in [1.29, 1.82) is 0 Å². The fourth-order valence-electron chi connectivity index (χ4n) is 3.30. The van der Waals surface area contributed by atoms with Gasteiger partial charge >= 0.3 is 0 Å². The van der Waals surface area contributed by atoms with E-state index in [1.54, 1.807) is 12.1 Å². The molecule has 18 heavy (non-hydrogen) atoms. The van der Waals surface area contributed by atoms with Crippen LogP contribution in [0.2, 0.25) is 0 Å². The molecule has 1 aromatic carbocycles. The molecule has 94 valence electrons. The predicted octanol–water partition coefficient (Wildman–Crippen LogP) is 3.57. The van der Waals surface area contributed by atoms with Gasteiger partial charge in [0.2, 0.25) is 0 Å². The van der Waals surface area contributed by atoms with Crippen LogP contribution < -0.4 is 0 Å². The first-order valence-electron chi connectivity index (χ1n) is 6.74. The van der Waals surface area contributed by atoms with Gasteiger partial charge in [0.25, 0.3) is 0 Å². The van der Waals surface area contributed by atoms with Gasteiger partial charge in [-0.05, 0) is 61.3 Å². The number of rotatable bonds is 1. The fraction of sp³-hybridized carbons (Fsp3) is 0.438. The van der Waals surface area contributed by atoms with Crippen LogP contribution in [0.5, 0.6) is 5.75 Å². The third-order valence-corrected chi connectivity index (χ3v) is 4.32. The second kappa shape index (κ2) is 4.60. The Hall–Kier alpha value is -1.57. The summed E-state index contributed by atoms with van der Waals surface area (Å²) < 4.78 is 0. The molecule has 2 aliphatic rings. The summed E-state index contributed by atoms with van der Waals surface area (Å²) in [6, 6.07) is 7.60. The van der Waals surface area contributed by atoms with Crippen molar-refractivity contribution in [3.8, 4) is 5.75 Å². The fourth-order valence-corrected chi connectivity index (χ4v) is 3.30. The zero-order chi connectivity index (χ0) is 12.5. The lowest BCUT2D eigenvalue weighted by Crippen LogP contribution is -2.21. The first-order chi connectivity index (χ1) is 8.72. The molecule has 2 aliphatic carbocycles. The quantitative estimate of drug-likeness (QED) is 0.817. The smallest absolute Gasteiger partial charge is 0.155 e. The van der Waals surface area contributed by atoms with E-state index in [2.05, 4.69) is 0 Å². The van der Waals surface area contributed by atoms with Crippen molar-refractivity contribution >= 4 is 5.78 Å². The van der Waals surface area contributed by atoms with E-state index in [9.17, 15) is 9.90 Å². The van der Waals surface area contributed by atoms with Gasteiger partial charge < -0.3 is 5.11 Å². The molecule has 0 bridgehead atoms. The van der Waals surface area contributed by atoms with Gasteiger partial charge in [0.1, 0.15) is 5.75 Å². The van der Waals surface area contributed by atoms with Crippen molar-refractivity contribution in [3.05, 3.63) is 41.5 Å². The maximum Gasteiger partial charge on any atom is 0.155 e. The van der Waals surface area contributed by atoms with E-state index in [-0.39, 0.29) is 0 Å². The van der Waals surface area contributed by atoms with E-state index >= 15 is 0 Å². The lowest BCUT2D eigenvalue weighted by molar-refractivity contribution is -0.115. The van der Waals surface area contributed by atoms with Crippen molar-refractivity contribution in [3.63, 3.8) is 0 Å². The number of hydrogen-bond acceptors (Lipinski definition) is 2. The summed E-state index contributed by atoms with van der Waals surface area (Å²) in [4.78, 5) is 11.4. The van der Waals surface area contributed by atoms with Gasteiger partial charge in [0.15, 0.2) is 5.78 Å². The Morgan fingerprint density at radius 3 is 2.50 bits per heavy atom. The molecule has 0 heterocycles. The first-order valence-corrected chi connectivity index (χ1v) is 6.74. The molecule has 0 spiro atoms. The molecule has 0 amide bonds. The highest BCUT2D eigenvalue weighted by Gasteiger charge is 2.29. The number of allylic oxidation sites excluding steroid dienone is 2. The second-order valence-corrected chi connectivity index (χ2v) is 5.48. The zero-order valence-corrected chi connectivity index (χ0v) is 10.4. The Bertz CT molecular complexity index is 484. The Kier molecular flexibility index (Phi) is 2.94. The summed E-state index contributed by atoms with van der Waals surface area (Å²) in [5.74, 6) is 1.83. The summed E-state index contributed by atoms with van der Waals surface area (Å²) >= 11 is 0. The minimum Gasteiger partial charge on any atom is -0.508 e. The Morgan fingerprint density at radius 1 is 1.00 bits per heavy atom. The molecule has 2 nitrogen and oxygen atoms in total.